The number of pyridine rings is 1. The van der Waals surface area contributed by atoms with Crippen molar-refractivity contribution in [3.05, 3.63) is 23.0 Å². The van der Waals surface area contributed by atoms with Crippen LogP contribution in [0.4, 0.5) is 5.69 Å². The summed E-state index contributed by atoms with van der Waals surface area (Å²) in [5.41, 5.74) is 6.55. The number of likely N-dealkylation sites (tertiary alicyclic amines) is 1. The first-order valence-corrected chi connectivity index (χ1v) is 6.84. The van der Waals surface area contributed by atoms with Crippen molar-refractivity contribution < 1.29 is 4.79 Å². The molecule has 1 aliphatic heterocycles. The zero-order valence-corrected chi connectivity index (χ0v) is 11.9. The van der Waals surface area contributed by atoms with Crippen LogP contribution in [-0.2, 0) is 0 Å². The average Bonchev–Trinajstić information content (AvgIpc) is 2.91. The van der Waals surface area contributed by atoms with E-state index >= 15 is 0 Å². The molecule has 0 saturated carbocycles. The van der Waals surface area contributed by atoms with Gasteiger partial charge in [-0.25, -0.2) is 4.98 Å². The van der Waals surface area contributed by atoms with Crippen LogP contribution < -0.4 is 5.73 Å². The highest BCUT2D eigenvalue weighted by Gasteiger charge is 2.17. The molecule has 1 aromatic heterocycles. The van der Waals surface area contributed by atoms with Gasteiger partial charge in [0.15, 0.2) is 0 Å². The molecule has 1 fully saturated rings. The summed E-state index contributed by atoms with van der Waals surface area (Å²) in [6.45, 7) is 3.86. The Morgan fingerprint density at radius 3 is 2.89 bits per heavy atom. The maximum atomic E-state index is 12.3. The molecule has 1 aromatic rings. The molecule has 19 heavy (non-hydrogen) atoms. The van der Waals surface area contributed by atoms with Gasteiger partial charge in [0.25, 0.3) is 5.91 Å². The molecule has 2 rings (SSSR count). The minimum absolute atomic E-state index is 0.110. The summed E-state index contributed by atoms with van der Waals surface area (Å²) in [7, 11) is 1.78. The fourth-order valence-electron chi connectivity index (χ4n) is 2.23. The Kier molecular flexibility index (Phi) is 4.61. The monoisotopic (exact) mass is 282 g/mol. The van der Waals surface area contributed by atoms with Gasteiger partial charge in [-0.1, -0.05) is 11.6 Å². The molecule has 0 bridgehead atoms. The second-order valence-electron chi connectivity index (χ2n) is 4.87. The summed E-state index contributed by atoms with van der Waals surface area (Å²) in [6, 6.07) is 1.52. The Balaban J connectivity index is 1.95. The third-order valence-corrected chi connectivity index (χ3v) is 3.64. The summed E-state index contributed by atoms with van der Waals surface area (Å²) < 4.78 is 0. The summed E-state index contributed by atoms with van der Waals surface area (Å²) in [4.78, 5) is 20.2. The molecule has 6 heteroatoms. The Hall–Kier alpha value is -1.33. The quantitative estimate of drug-likeness (QED) is 0.850. The van der Waals surface area contributed by atoms with Crippen LogP contribution in [0.1, 0.15) is 23.2 Å². The highest BCUT2D eigenvalue weighted by Crippen LogP contribution is 2.16. The molecule has 0 unspecified atom stereocenters. The molecule has 2 heterocycles. The van der Waals surface area contributed by atoms with Crippen molar-refractivity contribution in [2.45, 2.75) is 12.8 Å². The molecule has 0 aromatic carbocycles. The SMILES string of the molecule is CN(CCN1CCCC1)C(=O)c1cc(Cl)ncc1N. The van der Waals surface area contributed by atoms with Gasteiger partial charge in [-0.15, -0.1) is 0 Å². The zero-order valence-electron chi connectivity index (χ0n) is 11.1. The van der Waals surface area contributed by atoms with Crippen LogP contribution in [-0.4, -0.2) is 53.9 Å². The molecule has 0 spiro atoms. The third-order valence-electron chi connectivity index (χ3n) is 3.43. The predicted molar refractivity (Wildman–Crippen MR) is 76.3 cm³/mol. The lowest BCUT2D eigenvalue weighted by molar-refractivity contribution is 0.0783. The summed E-state index contributed by atoms with van der Waals surface area (Å²) in [5, 5.41) is 0.283. The number of nitrogen functional groups attached to an aromatic ring is 1. The van der Waals surface area contributed by atoms with E-state index in [1.54, 1.807) is 11.9 Å². The molecular formula is C13H19ClN4O. The number of anilines is 1. The van der Waals surface area contributed by atoms with Crippen LogP contribution >= 0.6 is 11.6 Å². The van der Waals surface area contributed by atoms with Crippen molar-refractivity contribution in [3.8, 4) is 0 Å². The van der Waals surface area contributed by atoms with Gasteiger partial charge >= 0.3 is 0 Å². The number of amides is 1. The lowest BCUT2D eigenvalue weighted by Gasteiger charge is -2.22. The number of rotatable bonds is 4. The van der Waals surface area contributed by atoms with Crippen molar-refractivity contribution in [2.24, 2.45) is 0 Å². The van der Waals surface area contributed by atoms with Crippen molar-refractivity contribution in [2.75, 3.05) is 39.0 Å². The molecule has 1 amide bonds. The van der Waals surface area contributed by atoms with Crippen LogP contribution in [0.15, 0.2) is 12.3 Å². The first kappa shape index (κ1) is 14.1. The van der Waals surface area contributed by atoms with E-state index < -0.39 is 0 Å². The molecule has 0 radical (unpaired) electrons. The fourth-order valence-corrected chi connectivity index (χ4v) is 2.39. The van der Waals surface area contributed by atoms with Crippen LogP contribution in [0, 0.1) is 0 Å². The first-order chi connectivity index (χ1) is 9.08. The number of nitrogens with two attached hydrogens (primary N) is 1. The van der Waals surface area contributed by atoms with Gasteiger partial charge in [0.1, 0.15) is 5.15 Å². The molecule has 0 aliphatic carbocycles. The number of hydrogen-bond acceptors (Lipinski definition) is 4. The van der Waals surface area contributed by atoms with Gasteiger partial charge in [0.2, 0.25) is 0 Å². The number of nitrogens with zero attached hydrogens (tertiary/aromatic N) is 3. The van der Waals surface area contributed by atoms with Crippen molar-refractivity contribution in [3.63, 3.8) is 0 Å². The van der Waals surface area contributed by atoms with Crippen molar-refractivity contribution >= 4 is 23.2 Å². The van der Waals surface area contributed by atoms with E-state index in [4.69, 9.17) is 17.3 Å². The Bertz CT molecular complexity index is 460. The summed E-state index contributed by atoms with van der Waals surface area (Å²) >= 11 is 5.80. The van der Waals surface area contributed by atoms with Gasteiger partial charge in [-0.05, 0) is 32.0 Å². The van der Waals surface area contributed by atoms with Crippen LogP contribution in [0.5, 0.6) is 0 Å². The highest BCUT2D eigenvalue weighted by molar-refractivity contribution is 6.29. The highest BCUT2D eigenvalue weighted by atomic mass is 35.5. The molecule has 0 atom stereocenters. The maximum Gasteiger partial charge on any atom is 0.255 e. The van der Waals surface area contributed by atoms with Crippen molar-refractivity contribution in [1.82, 2.24) is 14.8 Å². The second-order valence-corrected chi connectivity index (χ2v) is 5.26. The number of halogens is 1. The molecule has 104 valence electrons. The lowest BCUT2D eigenvalue weighted by Crippen LogP contribution is -2.35. The lowest BCUT2D eigenvalue weighted by atomic mass is 10.2. The Labute approximate surface area is 118 Å². The third kappa shape index (κ3) is 3.58. The fraction of sp³-hybridized carbons (Fsp3) is 0.538. The van der Waals surface area contributed by atoms with Gasteiger partial charge in [-0.3, -0.25) is 4.79 Å². The van der Waals surface area contributed by atoms with E-state index in [0.717, 1.165) is 19.6 Å². The van der Waals surface area contributed by atoms with E-state index in [-0.39, 0.29) is 11.1 Å². The van der Waals surface area contributed by atoms with Gasteiger partial charge in [0.05, 0.1) is 17.4 Å². The van der Waals surface area contributed by atoms with E-state index in [1.165, 1.54) is 25.1 Å². The second kappa shape index (κ2) is 6.21. The predicted octanol–water partition coefficient (Wildman–Crippen LogP) is 1.48. The van der Waals surface area contributed by atoms with Crippen LogP contribution in [0.25, 0.3) is 0 Å². The number of hydrogen-bond donors (Lipinski definition) is 1. The number of carbonyl (C=O) groups excluding carboxylic acids is 1. The van der Waals surface area contributed by atoms with E-state index in [2.05, 4.69) is 9.88 Å². The molecule has 1 aliphatic rings. The maximum absolute atomic E-state index is 12.3. The van der Waals surface area contributed by atoms with E-state index in [9.17, 15) is 4.79 Å². The minimum Gasteiger partial charge on any atom is -0.397 e. The van der Waals surface area contributed by atoms with E-state index in [1.807, 2.05) is 0 Å². The smallest absolute Gasteiger partial charge is 0.255 e. The number of carbonyl (C=O) groups is 1. The largest absolute Gasteiger partial charge is 0.397 e. The standard InChI is InChI=1S/C13H19ClN4O/c1-17(6-7-18-4-2-3-5-18)13(19)10-8-12(14)16-9-11(10)15/h8-9H,2-7,15H2,1H3. The molecule has 1 saturated heterocycles. The Morgan fingerprint density at radius 2 is 2.21 bits per heavy atom. The summed E-state index contributed by atoms with van der Waals surface area (Å²) in [6.07, 6.45) is 3.93. The van der Waals surface area contributed by atoms with E-state index in [0.29, 0.717) is 17.8 Å². The zero-order chi connectivity index (χ0) is 13.8. The van der Waals surface area contributed by atoms with Gasteiger partial charge in [0, 0.05) is 20.1 Å². The topological polar surface area (TPSA) is 62.5 Å². The first-order valence-electron chi connectivity index (χ1n) is 6.47. The van der Waals surface area contributed by atoms with Gasteiger partial charge in [-0.2, -0.15) is 0 Å². The summed E-state index contributed by atoms with van der Waals surface area (Å²) in [5.74, 6) is -0.110. The van der Waals surface area contributed by atoms with Gasteiger partial charge < -0.3 is 15.5 Å². The van der Waals surface area contributed by atoms with Crippen molar-refractivity contribution in [1.29, 1.82) is 0 Å². The number of likely N-dealkylation sites (N-methyl/N-ethyl adjacent to an activating group) is 1. The molecular weight excluding hydrogens is 264 g/mol. The Morgan fingerprint density at radius 1 is 1.53 bits per heavy atom. The molecule has 5 nitrogen and oxygen atoms in total. The number of aromatic nitrogens is 1. The minimum atomic E-state index is -0.110. The average molecular weight is 283 g/mol. The normalized spacial score (nSPS) is 15.7. The van der Waals surface area contributed by atoms with Crippen LogP contribution in [0.3, 0.4) is 0 Å². The van der Waals surface area contributed by atoms with Crippen LogP contribution in [0.2, 0.25) is 5.15 Å². The molecule has 2 N–H and O–H groups in total.